The average Bonchev–Trinajstić information content (AvgIpc) is 2.77. The number of ether oxygens (including phenoxy) is 1. The molecule has 2 amide bonds. The van der Waals surface area contributed by atoms with Crippen LogP contribution >= 0.6 is 0 Å². The molecular formula is C19H37NO4Si. The maximum Gasteiger partial charge on any atom is 0.417 e. The van der Waals surface area contributed by atoms with Crippen LogP contribution in [-0.2, 0) is 14.0 Å². The van der Waals surface area contributed by atoms with Gasteiger partial charge in [0, 0.05) is 6.42 Å². The Morgan fingerprint density at radius 3 is 2.00 bits per heavy atom. The van der Waals surface area contributed by atoms with Gasteiger partial charge in [0.2, 0.25) is 5.91 Å². The topological polar surface area (TPSA) is 55.8 Å². The quantitative estimate of drug-likeness (QED) is 0.609. The highest BCUT2D eigenvalue weighted by Gasteiger charge is 2.47. The van der Waals surface area contributed by atoms with Crippen LogP contribution in [0.2, 0.25) is 16.6 Å². The van der Waals surface area contributed by atoms with Crippen molar-refractivity contribution in [2.24, 2.45) is 0 Å². The van der Waals surface area contributed by atoms with Gasteiger partial charge in [-0.2, -0.15) is 0 Å². The van der Waals surface area contributed by atoms with Crippen molar-refractivity contribution in [3.8, 4) is 0 Å². The molecule has 5 nitrogen and oxygen atoms in total. The number of rotatable bonds is 6. The molecule has 0 aliphatic carbocycles. The predicted molar refractivity (Wildman–Crippen MR) is 103 cm³/mol. The molecule has 6 heteroatoms. The Kier molecular flexibility index (Phi) is 7.27. The van der Waals surface area contributed by atoms with Crippen LogP contribution in [0.5, 0.6) is 0 Å². The van der Waals surface area contributed by atoms with Crippen molar-refractivity contribution in [1.82, 2.24) is 4.90 Å². The van der Waals surface area contributed by atoms with Crippen LogP contribution in [0.25, 0.3) is 0 Å². The highest BCUT2D eigenvalue weighted by atomic mass is 28.4. The second-order valence-electron chi connectivity index (χ2n) is 9.07. The van der Waals surface area contributed by atoms with E-state index in [1.807, 2.05) is 20.8 Å². The third kappa shape index (κ3) is 5.06. The fourth-order valence-corrected chi connectivity index (χ4v) is 9.68. The second kappa shape index (κ2) is 8.21. The van der Waals surface area contributed by atoms with Crippen molar-refractivity contribution >= 4 is 20.3 Å². The number of hydrogen-bond acceptors (Lipinski definition) is 4. The van der Waals surface area contributed by atoms with Crippen molar-refractivity contribution in [3.63, 3.8) is 0 Å². The van der Waals surface area contributed by atoms with E-state index < -0.39 is 20.0 Å². The minimum Gasteiger partial charge on any atom is -0.443 e. The first-order valence-electron chi connectivity index (χ1n) is 9.51. The van der Waals surface area contributed by atoms with E-state index in [1.54, 1.807) is 0 Å². The van der Waals surface area contributed by atoms with E-state index in [9.17, 15) is 9.59 Å². The van der Waals surface area contributed by atoms with Gasteiger partial charge >= 0.3 is 6.09 Å². The summed E-state index contributed by atoms with van der Waals surface area (Å²) in [6.07, 6.45) is 0.485. The zero-order chi connectivity index (χ0) is 19.6. The maximum absolute atomic E-state index is 12.4. The fourth-order valence-electron chi connectivity index (χ4n) is 4.20. The molecule has 1 aliphatic heterocycles. The molecule has 1 fully saturated rings. The molecular weight excluding hydrogens is 334 g/mol. The average molecular weight is 372 g/mol. The van der Waals surface area contributed by atoms with Crippen LogP contribution in [-0.4, -0.2) is 43.5 Å². The number of carbonyl (C=O) groups excluding carboxylic acids is 2. The second-order valence-corrected chi connectivity index (χ2v) is 14.5. The van der Waals surface area contributed by atoms with Crippen molar-refractivity contribution in [3.05, 3.63) is 0 Å². The van der Waals surface area contributed by atoms with E-state index in [1.165, 1.54) is 4.90 Å². The van der Waals surface area contributed by atoms with Gasteiger partial charge < -0.3 is 9.16 Å². The molecule has 146 valence electrons. The molecule has 1 atom stereocenters. The summed E-state index contributed by atoms with van der Waals surface area (Å²) in [5.41, 5.74) is 0.802. The number of likely N-dealkylation sites (tertiary alicyclic amines) is 1. The van der Waals surface area contributed by atoms with Crippen molar-refractivity contribution in [1.29, 1.82) is 0 Å². The van der Waals surface area contributed by atoms with Crippen LogP contribution in [0.15, 0.2) is 0 Å². The Hall–Kier alpha value is -0.883. The molecule has 0 aromatic carbocycles. The number of imide groups is 1. The summed E-state index contributed by atoms with van der Waals surface area (Å²) in [5, 5.41) is 0. The lowest BCUT2D eigenvalue weighted by molar-refractivity contribution is -0.128. The van der Waals surface area contributed by atoms with Gasteiger partial charge in [-0.3, -0.25) is 4.79 Å². The molecule has 0 saturated carbocycles. The molecule has 0 aromatic heterocycles. The number of amides is 2. The van der Waals surface area contributed by atoms with Crippen LogP contribution in [0.1, 0.15) is 75.2 Å². The van der Waals surface area contributed by atoms with Crippen LogP contribution in [0.3, 0.4) is 0 Å². The highest BCUT2D eigenvalue weighted by Crippen LogP contribution is 2.42. The number of nitrogens with zero attached hydrogens (tertiary/aromatic N) is 1. The standard InChI is InChI=1S/C19H37NO4Si/c1-13(2)25(14(3)4,15(5)6)23-12-16-10-11-17(21)20(16)18(22)24-19(7,8)9/h13-16H,10-12H2,1-9H3. The van der Waals surface area contributed by atoms with Gasteiger partial charge in [-0.15, -0.1) is 0 Å². The van der Waals surface area contributed by atoms with Crippen LogP contribution < -0.4 is 0 Å². The Morgan fingerprint density at radius 1 is 1.12 bits per heavy atom. The summed E-state index contributed by atoms with van der Waals surface area (Å²) in [4.78, 5) is 25.9. The zero-order valence-corrected chi connectivity index (χ0v) is 18.5. The molecule has 1 rings (SSSR count). The normalized spacial score (nSPS) is 19.4. The van der Waals surface area contributed by atoms with Gasteiger partial charge in [-0.25, -0.2) is 9.69 Å². The summed E-state index contributed by atoms with van der Waals surface area (Å²) in [7, 11) is -2.02. The van der Waals surface area contributed by atoms with E-state index in [-0.39, 0.29) is 11.9 Å². The van der Waals surface area contributed by atoms with E-state index in [4.69, 9.17) is 9.16 Å². The largest absolute Gasteiger partial charge is 0.443 e. The van der Waals surface area contributed by atoms with E-state index >= 15 is 0 Å². The van der Waals surface area contributed by atoms with Gasteiger partial charge in [0.15, 0.2) is 8.32 Å². The lowest BCUT2D eigenvalue weighted by atomic mass is 10.2. The van der Waals surface area contributed by atoms with Gasteiger partial charge in [-0.1, -0.05) is 41.5 Å². The summed E-state index contributed by atoms with van der Waals surface area (Å²) >= 11 is 0. The lowest BCUT2D eigenvalue weighted by Crippen LogP contribution is -2.51. The third-order valence-electron chi connectivity index (χ3n) is 5.15. The number of hydrogen-bond donors (Lipinski definition) is 0. The molecule has 1 unspecified atom stereocenters. The van der Waals surface area contributed by atoms with Gasteiger partial charge in [0.05, 0.1) is 12.6 Å². The summed E-state index contributed by atoms with van der Waals surface area (Å²) in [5.74, 6) is -0.159. The molecule has 25 heavy (non-hydrogen) atoms. The molecule has 0 spiro atoms. The fraction of sp³-hybridized carbons (Fsp3) is 0.895. The first-order chi connectivity index (χ1) is 11.3. The highest BCUT2D eigenvalue weighted by molar-refractivity contribution is 6.77. The SMILES string of the molecule is CC(C)[Si](OCC1CCC(=O)N1C(=O)OC(C)(C)C)(C(C)C)C(C)C. The van der Waals surface area contributed by atoms with E-state index in [0.29, 0.717) is 36.1 Å². The Bertz CT molecular complexity index is 461. The van der Waals surface area contributed by atoms with Gasteiger partial charge in [0.25, 0.3) is 0 Å². The Morgan fingerprint density at radius 2 is 1.60 bits per heavy atom. The first kappa shape index (κ1) is 22.2. The molecule has 0 radical (unpaired) electrons. The number of carbonyl (C=O) groups is 2. The van der Waals surface area contributed by atoms with Crippen molar-refractivity contribution in [2.75, 3.05) is 6.61 Å². The minimum absolute atomic E-state index is 0.159. The summed E-state index contributed by atoms with van der Waals surface area (Å²) < 4.78 is 12.0. The Balaban J connectivity index is 2.92. The van der Waals surface area contributed by atoms with Gasteiger partial charge in [-0.05, 0) is 43.8 Å². The lowest BCUT2D eigenvalue weighted by Gasteiger charge is -2.43. The summed E-state index contributed by atoms with van der Waals surface area (Å²) in [6.45, 7) is 19.3. The van der Waals surface area contributed by atoms with Crippen LogP contribution in [0.4, 0.5) is 4.79 Å². The summed E-state index contributed by atoms with van der Waals surface area (Å²) in [6, 6.07) is -0.217. The monoisotopic (exact) mass is 371 g/mol. The molecule has 0 bridgehead atoms. The van der Waals surface area contributed by atoms with Crippen molar-refractivity contribution < 1.29 is 18.8 Å². The van der Waals surface area contributed by atoms with Crippen molar-refractivity contribution in [2.45, 2.75) is 103 Å². The molecule has 0 aromatic rings. The van der Waals surface area contributed by atoms with Gasteiger partial charge in [0.1, 0.15) is 5.60 Å². The van der Waals surface area contributed by atoms with E-state index in [2.05, 4.69) is 41.5 Å². The molecule has 0 N–H and O–H groups in total. The molecule has 1 saturated heterocycles. The first-order valence-corrected chi connectivity index (χ1v) is 11.7. The molecule has 1 aliphatic rings. The van der Waals surface area contributed by atoms with E-state index in [0.717, 1.165) is 0 Å². The van der Waals surface area contributed by atoms with Crippen LogP contribution in [0, 0.1) is 0 Å². The minimum atomic E-state index is -2.02. The predicted octanol–water partition coefficient (Wildman–Crippen LogP) is 5.10. The smallest absolute Gasteiger partial charge is 0.417 e. The maximum atomic E-state index is 12.4. The zero-order valence-electron chi connectivity index (χ0n) is 17.5. The Labute approximate surface area is 154 Å². The molecule has 1 heterocycles. The third-order valence-corrected chi connectivity index (χ3v) is 11.2.